The maximum absolute atomic E-state index is 11.9. The lowest BCUT2D eigenvalue weighted by molar-refractivity contribution is -0.118. The number of thiophene rings is 1. The number of aryl methyl sites for hydroxylation is 1. The van der Waals surface area contributed by atoms with Gasteiger partial charge in [0.25, 0.3) is 0 Å². The fourth-order valence-electron chi connectivity index (χ4n) is 2.14. The van der Waals surface area contributed by atoms with Gasteiger partial charge >= 0.3 is 0 Å². The van der Waals surface area contributed by atoms with Crippen LogP contribution in [0.3, 0.4) is 0 Å². The first-order chi connectivity index (χ1) is 10.7. The van der Waals surface area contributed by atoms with Crippen molar-refractivity contribution in [3.8, 4) is 0 Å². The Labute approximate surface area is 140 Å². The molecular weight excluding hydrogens is 314 g/mol. The summed E-state index contributed by atoms with van der Waals surface area (Å²) in [5.41, 5.74) is 0. The van der Waals surface area contributed by atoms with E-state index in [0.717, 1.165) is 34.6 Å². The van der Waals surface area contributed by atoms with E-state index < -0.39 is 0 Å². The van der Waals surface area contributed by atoms with Crippen molar-refractivity contribution in [2.24, 2.45) is 0 Å². The number of thioether (sulfide) groups is 1. The van der Waals surface area contributed by atoms with Crippen molar-refractivity contribution in [2.75, 3.05) is 12.3 Å². The SMILES string of the molecule is CCCCCCNC(=O)CSc1ncnc2sc(CC)cc12. The second-order valence-electron chi connectivity index (χ2n) is 5.16. The highest BCUT2D eigenvalue weighted by Crippen LogP contribution is 2.30. The van der Waals surface area contributed by atoms with E-state index in [1.807, 2.05) is 0 Å². The second kappa shape index (κ2) is 9.10. The molecule has 1 amide bonds. The molecule has 4 nitrogen and oxygen atoms in total. The lowest BCUT2D eigenvalue weighted by Crippen LogP contribution is -2.26. The third-order valence-electron chi connectivity index (χ3n) is 3.38. The average molecular weight is 338 g/mol. The fourth-order valence-corrected chi connectivity index (χ4v) is 3.94. The second-order valence-corrected chi connectivity index (χ2v) is 7.24. The van der Waals surface area contributed by atoms with Gasteiger partial charge in [-0.15, -0.1) is 11.3 Å². The van der Waals surface area contributed by atoms with E-state index in [1.54, 1.807) is 17.7 Å². The van der Waals surface area contributed by atoms with Crippen LogP contribution in [0.15, 0.2) is 17.4 Å². The number of hydrogen-bond donors (Lipinski definition) is 1. The van der Waals surface area contributed by atoms with Gasteiger partial charge < -0.3 is 5.32 Å². The summed E-state index contributed by atoms with van der Waals surface area (Å²) in [6.07, 6.45) is 7.29. The lowest BCUT2D eigenvalue weighted by Gasteiger charge is -2.05. The molecule has 0 saturated heterocycles. The van der Waals surface area contributed by atoms with Crippen LogP contribution in [-0.2, 0) is 11.2 Å². The molecule has 2 rings (SSSR count). The normalized spacial score (nSPS) is 11.0. The van der Waals surface area contributed by atoms with Crippen LogP contribution in [0.25, 0.3) is 10.2 Å². The lowest BCUT2D eigenvalue weighted by atomic mass is 10.2. The van der Waals surface area contributed by atoms with E-state index in [4.69, 9.17) is 0 Å². The Morgan fingerprint density at radius 3 is 2.91 bits per heavy atom. The van der Waals surface area contributed by atoms with Gasteiger partial charge in [-0.25, -0.2) is 9.97 Å². The van der Waals surface area contributed by atoms with Gasteiger partial charge in [0.05, 0.1) is 5.75 Å². The molecule has 0 atom stereocenters. The summed E-state index contributed by atoms with van der Waals surface area (Å²) in [5, 5.41) is 4.95. The van der Waals surface area contributed by atoms with E-state index in [-0.39, 0.29) is 5.91 Å². The van der Waals surface area contributed by atoms with Crippen molar-refractivity contribution < 1.29 is 4.79 Å². The first-order valence-electron chi connectivity index (χ1n) is 7.87. The van der Waals surface area contributed by atoms with Crippen molar-refractivity contribution in [2.45, 2.75) is 51.0 Å². The summed E-state index contributed by atoms with van der Waals surface area (Å²) < 4.78 is 0. The van der Waals surface area contributed by atoms with Gasteiger partial charge in [-0.1, -0.05) is 44.9 Å². The number of amides is 1. The maximum atomic E-state index is 11.9. The third kappa shape index (κ3) is 4.95. The molecule has 0 bridgehead atoms. The van der Waals surface area contributed by atoms with Crippen LogP contribution in [0, 0.1) is 0 Å². The van der Waals surface area contributed by atoms with Crippen LogP contribution in [0.1, 0.15) is 44.4 Å². The monoisotopic (exact) mass is 337 g/mol. The van der Waals surface area contributed by atoms with Gasteiger partial charge in [0, 0.05) is 16.8 Å². The van der Waals surface area contributed by atoms with Gasteiger partial charge in [-0.3, -0.25) is 4.79 Å². The zero-order chi connectivity index (χ0) is 15.8. The molecule has 0 aliphatic carbocycles. The molecule has 0 fully saturated rings. The molecule has 120 valence electrons. The highest BCUT2D eigenvalue weighted by molar-refractivity contribution is 8.00. The Morgan fingerprint density at radius 1 is 1.27 bits per heavy atom. The number of rotatable bonds is 9. The van der Waals surface area contributed by atoms with E-state index in [9.17, 15) is 4.79 Å². The molecule has 0 spiro atoms. The predicted molar refractivity (Wildman–Crippen MR) is 94.7 cm³/mol. The molecule has 0 aromatic carbocycles. The molecule has 2 heterocycles. The Balaban J connectivity index is 1.83. The number of fused-ring (bicyclic) bond motifs is 1. The maximum Gasteiger partial charge on any atom is 0.230 e. The van der Waals surface area contributed by atoms with Gasteiger partial charge in [0.15, 0.2) is 0 Å². The topological polar surface area (TPSA) is 54.9 Å². The summed E-state index contributed by atoms with van der Waals surface area (Å²) in [4.78, 5) is 22.8. The molecule has 2 aromatic heterocycles. The summed E-state index contributed by atoms with van der Waals surface area (Å²) >= 11 is 3.20. The smallest absolute Gasteiger partial charge is 0.230 e. The van der Waals surface area contributed by atoms with Crippen molar-refractivity contribution in [1.82, 2.24) is 15.3 Å². The zero-order valence-corrected chi connectivity index (χ0v) is 14.9. The average Bonchev–Trinajstić information content (AvgIpc) is 2.96. The molecule has 0 unspecified atom stereocenters. The molecule has 0 saturated carbocycles. The molecule has 0 radical (unpaired) electrons. The number of nitrogens with zero attached hydrogens (tertiary/aromatic N) is 2. The van der Waals surface area contributed by atoms with E-state index in [1.165, 1.54) is 35.9 Å². The number of nitrogens with one attached hydrogen (secondary N) is 1. The van der Waals surface area contributed by atoms with Crippen LogP contribution >= 0.6 is 23.1 Å². The quantitative estimate of drug-likeness (QED) is 0.426. The zero-order valence-electron chi connectivity index (χ0n) is 13.2. The Bertz CT molecular complexity index is 612. The fraction of sp³-hybridized carbons (Fsp3) is 0.562. The third-order valence-corrected chi connectivity index (χ3v) is 5.58. The van der Waals surface area contributed by atoms with Crippen molar-refractivity contribution in [3.05, 3.63) is 17.3 Å². The molecular formula is C16H23N3OS2. The van der Waals surface area contributed by atoms with Crippen LogP contribution in [0.2, 0.25) is 0 Å². The largest absolute Gasteiger partial charge is 0.355 e. The molecule has 0 aliphatic heterocycles. The van der Waals surface area contributed by atoms with Crippen molar-refractivity contribution >= 4 is 39.2 Å². The van der Waals surface area contributed by atoms with Crippen molar-refractivity contribution in [3.63, 3.8) is 0 Å². The highest BCUT2D eigenvalue weighted by Gasteiger charge is 2.10. The molecule has 1 N–H and O–H groups in total. The minimum atomic E-state index is 0.0826. The molecule has 0 aliphatic rings. The van der Waals surface area contributed by atoms with Crippen LogP contribution < -0.4 is 5.32 Å². The summed E-state index contributed by atoms with van der Waals surface area (Å²) in [6, 6.07) is 2.14. The number of hydrogen-bond acceptors (Lipinski definition) is 5. The van der Waals surface area contributed by atoms with Gasteiger partial charge in [-0.05, 0) is 18.9 Å². The van der Waals surface area contributed by atoms with E-state index in [2.05, 4.69) is 35.2 Å². The number of aromatic nitrogens is 2. The minimum Gasteiger partial charge on any atom is -0.355 e. The van der Waals surface area contributed by atoms with Gasteiger partial charge in [-0.2, -0.15) is 0 Å². The first-order valence-corrected chi connectivity index (χ1v) is 9.67. The van der Waals surface area contributed by atoms with E-state index >= 15 is 0 Å². The van der Waals surface area contributed by atoms with Crippen LogP contribution in [0.5, 0.6) is 0 Å². The molecule has 2 aromatic rings. The summed E-state index contributed by atoms with van der Waals surface area (Å²) in [7, 11) is 0. The van der Waals surface area contributed by atoms with Gasteiger partial charge in [0.2, 0.25) is 5.91 Å². The van der Waals surface area contributed by atoms with Crippen LogP contribution in [0.4, 0.5) is 0 Å². The van der Waals surface area contributed by atoms with Crippen molar-refractivity contribution in [1.29, 1.82) is 0 Å². The number of carbonyl (C=O) groups excluding carboxylic acids is 1. The van der Waals surface area contributed by atoms with Crippen LogP contribution in [-0.4, -0.2) is 28.2 Å². The Kier molecular flexibility index (Phi) is 7.12. The summed E-state index contributed by atoms with van der Waals surface area (Å²) in [5.74, 6) is 0.496. The molecule has 22 heavy (non-hydrogen) atoms. The first kappa shape index (κ1) is 17.2. The minimum absolute atomic E-state index is 0.0826. The summed E-state index contributed by atoms with van der Waals surface area (Å²) in [6.45, 7) is 5.10. The number of carbonyl (C=O) groups is 1. The standard InChI is InChI=1S/C16H23N3OS2/c1-3-5-6-7-8-17-14(20)10-21-15-13-9-12(4-2)22-16(13)19-11-18-15/h9,11H,3-8,10H2,1-2H3,(H,17,20). The Morgan fingerprint density at radius 2 is 2.14 bits per heavy atom. The van der Waals surface area contributed by atoms with E-state index in [0.29, 0.717) is 5.75 Å². The molecule has 6 heteroatoms. The highest BCUT2D eigenvalue weighted by atomic mass is 32.2. The predicted octanol–water partition coefficient (Wildman–Crippen LogP) is 4.04. The van der Waals surface area contributed by atoms with Gasteiger partial charge in [0.1, 0.15) is 16.2 Å². The number of unbranched alkanes of at least 4 members (excludes halogenated alkanes) is 3. The Hall–Kier alpha value is -1.14.